The van der Waals surface area contributed by atoms with Crippen molar-refractivity contribution < 1.29 is 14.8 Å². The van der Waals surface area contributed by atoms with Crippen molar-refractivity contribution in [1.29, 1.82) is 0 Å². The lowest BCUT2D eigenvalue weighted by Crippen LogP contribution is -2.28. The molecule has 1 aromatic carbocycles. The lowest BCUT2D eigenvalue weighted by Gasteiger charge is -2.26. The third-order valence-electron chi connectivity index (χ3n) is 3.79. The summed E-state index contributed by atoms with van der Waals surface area (Å²) in [6.45, 7) is 3.05. The molecule has 0 saturated carbocycles. The van der Waals surface area contributed by atoms with Gasteiger partial charge < -0.3 is 10.0 Å². The second-order valence-electron chi connectivity index (χ2n) is 5.07. The molecule has 1 N–H and O–H groups in total. The lowest BCUT2D eigenvalue weighted by molar-refractivity contribution is -0.385. The van der Waals surface area contributed by atoms with Gasteiger partial charge in [0.2, 0.25) is 0 Å². The van der Waals surface area contributed by atoms with E-state index < -0.39 is 10.9 Å². The molecule has 1 unspecified atom stereocenters. The number of anilines is 1. The molecule has 0 aliphatic carbocycles. The second-order valence-corrected chi connectivity index (χ2v) is 5.07. The van der Waals surface area contributed by atoms with Crippen LogP contribution in [0.3, 0.4) is 0 Å². The van der Waals surface area contributed by atoms with E-state index in [9.17, 15) is 14.9 Å². The summed E-state index contributed by atoms with van der Waals surface area (Å²) in [6.07, 6.45) is 5.45. The maximum Gasteiger partial charge on any atom is 0.328 e. The fraction of sp³-hybridized carbons (Fsp3) is 0.400. The normalized spacial score (nSPS) is 18.3. The van der Waals surface area contributed by atoms with E-state index in [1.807, 2.05) is 0 Å². The van der Waals surface area contributed by atoms with E-state index in [0.717, 1.165) is 37.6 Å². The van der Waals surface area contributed by atoms with Gasteiger partial charge in [0.05, 0.1) is 10.5 Å². The van der Waals surface area contributed by atoms with Crippen molar-refractivity contribution >= 4 is 23.4 Å². The van der Waals surface area contributed by atoms with E-state index in [-0.39, 0.29) is 5.69 Å². The van der Waals surface area contributed by atoms with Crippen molar-refractivity contribution in [3.8, 4) is 0 Å². The Balaban J connectivity index is 2.38. The quantitative estimate of drug-likeness (QED) is 0.512. The molecule has 2 rings (SSSR count). The molecule has 1 aliphatic rings. The molecular weight excluding hydrogens is 272 g/mol. The number of rotatable bonds is 5. The van der Waals surface area contributed by atoms with Crippen LogP contribution in [0.15, 0.2) is 24.3 Å². The van der Waals surface area contributed by atoms with E-state index in [1.165, 1.54) is 12.1 Å². The Labute approximate surface area is 122 Å². The van der Waals surface area contributed by atoms with Crippen LogP contribution in [0.5, 0.6) is 0 Å². The van der Waals surface area contributed by atoms with E-state index in [1.54, 1.807) is 12.1 Å². The Kier molecular flexibility index (Phi) is 4.57. The minimum absolute atomic E-state index is 0.0801. The summed E-state index contributed by atoms with van der Waals surface area (Å²) in [5.41, 5.74) is 1.15. The molecule has 1 fully saturated rings. The molecule has 1 heterocycles. The van der Waals surface area contributed by atoms with Gasteiger partial charge in [-0.05, 0) is 37.5 Å². The highest BCUT2D eigenvalue weighted by molar-refractivity contribution is 5.86. The van der Waals surface area contributed by atoms with Crippen LogP contribution in [0.25, 0.3) is 6.08 Å². The molecule has 0 radical (unpaired) electrons. The van der Waals surface area contributed by atoms with Gasteiger partial charge in [0, 0.05) is 30.4 Å². The predicted octanol–water partition coefficient (Wildman–Crippen LogP) is 3.07. The highest BCUT2D eigenvalue weighted by Crippen LogP contribution is 2.31. The maximum absolute atomic E-state index is 11.0. The first kappa shape index (κ1) is 15.0. The van der Waals surface area contributed by atoms with E-state index in [0.29, 0.717) is 11.6 Å². The Bertz CT molecular complexity index is 583. The second kappa shape index (κ2) is 6.39. The molecule has 0 amide bonds. The van der Waals surface area contributed by atoms with Crippen LogP contribution in [0.1, 0.15) is 31.7 Å². The highest BCUT2D eigenvalue weighted by atomic mass is 16.6. The Morgan fingerprint density at radius 2 is 2.33 bits per heavy atom. The van der Waals surface area contributed by atoms with Crippen LogP contribution in [-0.2, 0) is 4.79 Å². The van der Waals surface area contributed by atoms with Crippen molar-refractivity contribution in [2.45, 2.75) is 32.2 Å². The minimum atomic E-state index is -1.12. The monoisotopic (exact) mass is 290 g/mol. The summed E-state index contributed by atoms with van der Waals surface area (Å²) < 4.78 is 0. The first-order valence-corrected chi connectivity index (χ1v) is 6.99. The van der Waals surface area contributed by atoms with Crippen LogP contribution in [0.4, 0.5) is 11.4 Å². The number of nitrogens with zero attached hydrogens (tertiary/aromatic N) is 2. The molecule has 1 atom stereocenters. The SMILES string of the molecule is CCC1CCCN1c1ccc([N+](=O)[O-])c(/C=C/C(=O)O)c1. The van der Waals surface area contributed by atoms with Crippen molar-refractivity contribution in [1.82, 2.24) is 0 Å². The third kappa shape index (κ3) is 3.39. The average molecular weight is 290 g/mol. The summed E-state index contributed by atoms with van der Waals surface area (Å²) in [5, 5.41) is 19.7. The molecule has 0 bridgehead atoms. The number of carboxylic acids is 1. The number of carboxylic acid groups (broad SMARTS) is 1. The van der Waals surface area contributed by atoms with Gasteiger partial charge in [0.15, 0.2) is 0 Å². The Hall–Kier alpha value is -2.37. The highest BCUT2D eigenvalue weighted by Gasteiger charge is 2.24. The van der Waals surface area contributed by atoms with Gasteiger partial charge in [-0.3, -0.25) is 10.1 Å². The standard InChI is InChI=1S/C15H18N2O4/c1-2-12-4-3-9-16(12)13-6-7-14(17(20)21)11(10-13)5-8-15(18)19/h5-8,10,12H,2-4,9H2,1H3,(H,18,19)/b8-5+. The van der Waals surface area contributed by atoms with Crippen molar-refractivity contribution in [3.05, 3.63) is 40.0 Å². The topological polar surface area (TPSA) is 83.7 Å². The molecule has 1 aromatic rings. The molecule has 6 heteroatoms. The first-order valence-electron chi connectivity index (χ1n) is 6.99. The molecule has 112 valence electrons. The number of aliphatic carboxylic acids is 1. The van der Waals surface area contributed by atoms with E-state index in [2.05, 4.69) is 11.8 Å². The van der Waals surface area contributed by atoms with Crippen LogP contribution < -0.4 is 4.90 Å². The van der Waals surface area contributed by atoms with Crippen LogP contribution in [0, 0.1) is 10.1 Å². The van der Waals surface area contributed by atoms with Gasteiger partial charge >= 0.3 is 5.97 Å². The molecule has 0 aromatic heterocycles. The smallest absolute Gasteiger partial charge is 0.328 e. The minimum Gasteiger partial charge on any atom is -0.478 e. The van der Waals surface area contributed by atoms with Gasteiger partial charge in [-0.15, -0.1) is 0 Å². The maximum atomic E-state index is 11.0. The van der Waals surface area contributed by atoms with Crippen molar-refractivity contribution in [2.75, 3.05) is 11.4 Å². The zero-order valence-electron chi connectivity index (χ0n) is 11.9. The van der Waals surface area contributed by atoms with Crippen molar-refractivity contribution in [2.24, 2.45) is 0 Å². The van der Waals surface area contributed by atoms with Crippen LogP contribution in [0.2, 0.25) is 0 Å². The van der Waals surface area contributed by atoms with E-state index >= 15 is 0 Å². The number of benzene rings is 1. The zero-order chi connectivity index (χ0) is 15.4. The van der Waals surface area contributed by atoms with Gasteiger partial charge in [0.25, 0.3) is 5.69 Å². The largest absolute Gasteiger partial charge is 0.478 e. The van der Waals surface area contributed by atoms with Gasteiger partial charge in [-0.1, -0.05) is 6.92 Å². The summed E-state index contributed by atoms with van der Waals surface area (Å²) in [7, 11) is 0. The van der Waals surface area contributed by atoms with Gasteiger partial charge in [0.1, 0.15) is 0 Å². The van der Waals surface area contributed by atoms with Gasteiger partial charge in [-0.25, -0.2) is 4.79 Å². The summed E-state index contributed by atoms with van der Waals surface area (Å²) >= 11 is 0. The number of carbonyl (C=O) groups is 1. The number of hydrogen-bond acceptors (Lipinski definition) is 4. The van der Waals surface area contributed by atoms with E-state index in [4.69, 9.17) is 5.11 Å². The number of nitro benzene ring substituents is 1. The molecular formula is C15H18N2O4. The molecule has 1 saturated heterocycles. The predicted molar refractivity (Wildman–Crippen MR) is 80.4 cm³/mol. The van der Waals surface area contributed by atoms with Crippen LogP contribution in [-0.4, -0.2) is 28.6 Å². The Morgan fingerprint density at radius 3 is 2.95 bits per heavy atom. The third-order valence-corrected chi connectivity index (χ3v) is 3.79. The average Bonchev–Trinajstić information content (AvgIpc) is 2.93. The molecule has 0 spiro atoms. The lowest BCUT2D eigenvalue weighted by atomic mass is 10.1. The Morgan fingerprint density at radius 1 is 1.57 bits per heavy atom. The molecule has 1 aliphatic heterocycles. The van der Waals surface area contributed by atoms with Crippen LogP contribution >= 0.6 is 0 Å². The number of nitro groups is 1. The first-order chi connectivity index (χ1) is 10.0. The van der Waals surface area contributed by atoms with Gasteiger partial charge in [-0.2, -0.15) is 0 Å². The fourth-order valence-corrected chi connectivity index (χ4v) is 2.78. The summed E-state index contributed by atoms with van der Waals surface area (Å²) in [6, 6.07) is 5.33. The number of hydrogen-bond donors (Lipinski definition) is 1. The zero-order valence-corrected chi connectivity index (χ0v) is 11.9. The summed E-state index contributed by atoms with van der Waals surface area (Å²) in [5.74, 6) is -1.12. The fourth-order valence-electron chi connectivity index (χ4n) is 2.78. The molecule has 6 nitrogen and oxygen atoms in total. The molecule has 21 heavy (non-hydrogen) atoms. The van der Waals surface area contributed by atoms with Crippen molar-refractivity contribution in [3.63, 3.8) is 0 Å². The summed E-state index contributed by atoms with van der Waals surface area (Å²) in [4.78, 5) is 23.4.